The number of hydrogen-bond donors (Lipinski definition) is 2. The number of carbonyl (C=O) groups excluding carboxylic acids is 1. The quantitative estimate of drug-likeness (QED) is 0.794. The minimum atomic E-state index is -0.521. The predicted molar refractivity (Wildman–Crippen MR) is 74.9 cm³/mol. The molecule has 1 atom stereocenters. The Kier molecular flexibility index (Phi) is 6.36. The highest BCUT2D eigenvalue weighted by atomic mass is 16.5. The van der Waals surface area contributed by atoms with Gasteiger partial charge >= 0.3 is 0 Å². The molecule has 0 aromatic heterocycles. The van der Waals surface area contributed by atoms with Crippen molar-refractivity contribution in [3.63, 3.8) is 0 Å². The van der Waals surface area contributed by atoms with Crippen molar-refractivity contribution < 1.29 is 14.6 Å². The zero-order valence-electron chi connectivity index (χ0n) is 11.8. The van der Waals surface area contributed by atoms with E-state index in [1.807, 2.05) is 0 Å². The predicted octanol–water partition coefficient (Wildman–Crippen LogP) is 2.11. The van der Waals surface area contributed by atoms with Crippen LogP contribution in [0.3, 0.4) is 0 Å². The molecule has 0 aliphatic carbocycles. The summed E-state index contributed by atoms with van der Waals surface area (Å²) in [6.45, 7) is 6.65. The third-order valence-electron chi connectivity index (χ3n) is 2.81. The van der Waals surface area contributed by atoms with E-state index in [9.17, 15) is 4.79 Å². The molecule has 4 nitrogen and oxygen atoms in total. The fourth-order valence-corrected chi connectivity index (χ4v) is 1.56. The number of aliphatic hydroxyl groups excluding tert-OH is 1. The highest BCUT2D eigenvalue weighted by molar-refractivity contribution is 5.80. The largest absolute Gasteiger partial charge is 0.481 e. The summed E-state index contributed by atoms with van der Waals surface area (Å²) in [4.78, 5) is 11.8. The van der Waals surface area contributed by atoms with Gasteiger partial charge in [0.15, 0.2) is 6.10 Å². The molecule has 0 radical (unpaired) electrons. The first kappa shape index (κ1) is 15.5. The summed E-state index contributed by atoms with van der Waals surface area (Å²) in [5.41, 5.74) is 0.821. The van der Waals surface area contributed by atoms with Crippen LogP contribution in [0, 0.1) is 5.92 Å². The van der Waals surface area contributed by atoms with E-state index in [2.05, 4.69) is 19.2 Å². The summed E-state index contributed by atoms with van der Waals surface area (Å²) in [5.74, 6) is 1.10. The van der Waals surface area contributed by atoms with E-state index in [1.165, 1.54) is 0 Å². The Hall–Kier alpha value is -1.55. The summed E-state index contributed by atoms with van der Waals surface area (Å²) in [7, 11) is 0. The molecule has 1 unspecified atom stereocenters. The molecule has 0 fully saturated rings. The van der Waals surface area contributed by atoms with E-state index in [-0.39, 0.29) is 12.5 Å². The van der Waals surface area contributed by atoms with Gasteiger partial charge in [-0.15, -0.1) is 0 Å². The molecular weight excluding hydrogens is 242 g/mol. The van der Waals surface area contributed by atoms with E-state index in [4.69, 9.17) is 9.84 Å². The van der Waals surface area contributed by atoms with Crippen LogP contribution in [0.15, 0.2) is 24.3 Å². The van der Waals surface area contributed by atoms with Crippen LogP contribution in [-0.4, -0.2) is 23.7 Å². The van der Waals surface area contributed by atoms with E-state index < -0.39 is 6.10 Å². The van der Waals surface area contributed by atoms with Gasteiger partial charge in [-0.1, -0.05) is 26.0 Å². The highest BCUT2D eigenvalue weighted by Crippen LogP contribution is 2.14. The second kappa shape index (κ2) is 7.79. The van der Waals surface area contributed by atoms with Crippen LogP contribution in [0.2, 0.25) is 0 Å². The number of carbonyl (C=O) groups is 1. The van der Waals surface area contributed by atoms with E-state index in [0.717, 1.165) is 12.0 Å². The summed E-state index contributed by atoms with van der Waals surface area (Å²) in [5, 5.41) is 11.8. The maximum absolute atomic E-state index is 11.8. The Balaban J connectivity index is 2.40. The third-order valence-corrected chi connectivity index (χ3v) is 2.81. The average molecular weight is 265 g/mol. The van der Waals surface area contributed by atoms with Gasteiger partial charge in [0.2, 0.25) is 0 Å². The van der Waals surface area contributed by atoms with Crippen LogP contribution in [0.25, 0.3) is 0 Å². The Labute approximate surface area is 114 Å². The summed E-state index contributed by atoms with van der Waals surface area (Å²) < 4.78 is 5.54. The fraction of sp³-hybridized carbons (Fsp3) is 0.533. The summed E-state index contributed by atoms with van der Waals surface area (Å²) in [6, 6.07) is 7.06. The molecule has 1 aromatic rings. The van der Waals surface area contributed by atoms with Gasteiger partial charge in [-0.05, 0) is 37.0 Å². The summed E-state index contributed by atoms with van der Waals surface area (Å²) in [6.07, 6.45) is 0.441. The minimum Gasteiger partial charge on any atom is -0.481 e. The number of nitrogens with one attached hydrogen (secondary N) is 1. The molecular formula is C15H23NO3. The van der Waals surface area contributed by atoms with Gasteiger partial charge < -0.3 is 15.2 Å². The summed E-state index contributed by atoms with van der Waals surface area (Å²) >= 11 is 0. The normalized spacial score (nSPS) is 12.3. The number of hydrogen-bond acceptors (Lipinski definition) is 3. The molecule has 0 aliphatic heterocycles. The van der Waals surface area contributed by atoms with Crippen LogP contribution in [0.5, 0.6) is 5.75 Å². The molecule has 19 heavy (non-hydrogen) atoms. The fourth-order valence-electron chi connectivity index (χ4n) is 1.56. The van der Waals surface area contributed by atoms with Crippen LogP contribution in [0.1, 0.15) is 32.8 Å². The van der Waals surface area contributed by atoms with E-state index >= 15 is 0 Å². The molecule has 0 saturated heterocycles. The van der Waals surface area contributed by atoms with Crippen molar-refractivity contribution in [3.8, 4) is 5.75 Å². The smallest absolute Gasteiger partial charge is 0.260 e. The molecule has 106 valence electrons. The minimum absolute atomic E-state index is 0.00548. The van der Waals surface area contributed by atoms with Crippen molar-refractivity contribution in [2.24, 2.45) is 5.92 Å². The van der Waals surface area contributed by atoms with Crippen molar-refractivity contribution >= 4 is 5.91 Å². The Bertz CT molecular complexity index is 387. The van der Waals surface area contributed by atoms with Gasteiger partial charge in [0.05, 0.1) is 6.61 Å². The van der Waals surface area contributed by atoms with Gasteiger partial charge in [0, 0.05) is 6.54 Å². The van der Waals surface area contributed by atoms with Gasteiger partial charge in [-0.3, -0.25) is 4.79 Å². The topological polar surface area (TPSA) is 58.6 Å². The Morgan fingerprint density at radius 1 is 1.26 bits per heavy atom. The molecule has 1 rings (SSSR count). The van der Waals surface area contributed by atoms with Crippen molar-refractivity contribution in [2.75, 3.05) is 6.54 Å². The first-order valence-corrected chi connectivity index (χ1v) is 6.67. The maximum atomic E-state index is 11.8. The lowest BCUT2D eigenvalue weighted by Crippen LogP contribution is -2.37. The third kappa shape index (κ3) is 5.75. The number of ether oxygens (including phenoxy) is 1. The van der Waals surface area contributed by atoms with Crippen molar-refractivity contribution in [3.05, 3.63) is 29.8 Å². The van der Waals surface area contributed by atoms with Gasteiger partial charge in [-0.25, -0.2) is 0 Å². The number of rotatable bonds is 7. The van der Waals surface area contributed by atoms with Gasteiger partial charge in [0.1, 0.15) is 5.75 Å². The lowest BCUT2D eigenvalue weighted by molar-refractivity contribution is -0.127. The van der Waals surface area contributed by atoms with Gasteiger partial charge in [0.25, 0.3) is 5.91 Å². The van der Waals surface area contributed by atoms with Crippen LogP contribution < -0.4 is 10.1 Å². The van der Waals surface area contributed by atoms with Crippen LogP contribution in [-0.2, 0) is 11.4 Å². The van der Waals surface area contributed by atoms with Crippen molar-refractivity contribution in [1.82, 2.24) is 5.32 Å². The number of amides is 1. The number of aliphatic hydroxyl groups is 1. The lowest BCUT2D eigenvalue weighted by atomic mass is 10.1. The Morgan fingerprint density at radius 2 is 1.89 bits per heavy atom. The van der Waals surface area contributed by atoms with Gasteiger partial charge in [-0.2, -0.15) is 0 Å². The van der Waals surface area contributed by atoms with Crippen molar-refractivity contribution in [1.29, 1.82) is 0 Å². The highest BCUT2D eigenvalue weighted by Gasteiger charge is 2.13. The molecule has 0 saturated carbocycles. The Morgan fingerprint density at radius 3 is 2.42 bits per heavy atom. The molecule has 0 heterocycles. The molecule has 0 aliphatic rings. The SMILES string of the molecule is CC(C)CCNC(=O)C(C)Oc1ccc(CO)cc1. The molecule has 0 spiro atoms. The first-order chi connectivity index (χ1) is 9.02. The molecule has 2 N–H and O–H groups in total. The molecule has 1 aromatic carbocycles. The second-order valence-corrected chi connectivity index (χ2v) is 5.04. The van der Waals surface area contributed by atoms with Crippen LogP contribution >= 0.6 is 0 Å². The maximum Gasteiger partial charge on any atom is 0.260 e. The van der Waals surface area contributed by atoms with Crippen LogP contribution in [0.4, 0.5) is 0 Å². The zero-order chi connectivity index (χ0) is 14.3. The first-order valence-electron chi connectivity index (χ1n) is 6.67. The second-order valence-electron chi connectivity index (χ2n) is 5.04. The average Bonchev–Trinajstić information content (AvgIpc) is 2.39. The van der Waals surface area contributed by atoms with Crippen molar-refractivity contribution in [2.45, 2.75) is 39.9 Å². The molecule has 1 amide bonds. The lowest BCUT2D eigenvalue weighted by Gasteiger charge is -2.15. The monoisotopic (exact) mass is 265 g/mol. The number of benzene rings is 1. The van der Waals surface area contributed by atoms with E-state index in [1.54, 1.807) is 31.2 Å². The standard InChI is InChI=1S/C15H23NO3/c1-11(2)8-9-16-15(18)12(3)19-14-6-4-13(10-17)5-7-14/h4-7,11-12,17H,8-10H2,1-3H3,(H,16,18). The molecule has 0 bridgehead atoms. The zero-order valence-corrected chi connectivity index (χ0v) is 11.8. The molecule has 4 heteroatoms. The van der Waals surface area contributed by atoms with E-state index in [0.29, 0.717) is 18.2 Å².